The summed E-state index contributed by atoms with van der Waals surface area (Å²) in [7, 11) is 0. The Hall–Kier alpha value is -2.25. The Morgan fingerprint density at radius 1 is 1.28 bits per heavy atom. The SMILES string of the molecule is O=C(CCN1CCO[C@@H](Cn2cncn2)C1)N1CCc2ccccc21. The van der Waals surface area contributed by atoms with Crippen LogP contribution in [0.5, 0.6) is 0 Å². The highest BCUT2D eigenvalue weighted by atomic mass is 16.5. The predicted octanol–water partition coefficient (Wildman–Crippen LogP) is 0.958. The smallest absolute Gasteiger partial charge is 0.228 e. The summed E-state index contributed by atoms with van der Waals surface area (Å²) in [5.41, 5.74) is 2.36. The van der Waals surface area contributed by atoms with E-state index in [0.29, 0.717) is 19.6 Å². The number of carbonyl (C=O) groups is 1. The molecule has 7 heteroatoms. The molecule has 0 radical (unpaired) electrons. The number of hydrogen-bond acceptors (Lipinski definition) is 5. The molecule has 1 atom stereocenters. The molecule has 2 aliphatic heterocycles. The summed E-state index contributed by atoms with van der Waals surface area (Å²) in [6.45, 7) is 4.66. The maximum atomic E-state index is 12.6. The highest BCUT2D eigenvalue weighted by Gasteiger charge is 2.26. The lowest BCUT2D eigenvalue weighted by atomic mass is 10.2. The van der Waals surface area contributed by atoms with Crippen LogP contribution in [0.15, 0.2) is 36.9 Å². The largest absolute Gasteiger partial charge is 0.374 e. The first-order valence-electron chi connectivity index (χ1n) is 8.84. The van der Waals surface area contributed by atoms with Gasteiger partial charge in [0, 0.05) is 38.3 Å². The van der Waals surface area contributed by atoms with Gasteiger partial charge in [0.2, 0.25) is 5.91 Å². The van der Waals surface area contributed by atoms with Crippen molar-refractivity contribution in [2.45, 2.75) is 25.5 Å². The summed E-state index contributed by atoms with van der Waals surface area (Å²) in [5, 5.41) is 4.13. The molecular weight excluding hydrogens is 318 g/mol. The van der Waals surface area contributed by atoms with Gasteiger partial charge in [0.25, 0.3) is 0 Å². The van der Waals surface area contributed by atoms with Crippen LogP contribution in [0.1, 0.15) is 12.0 Å². The van der Waals surface area contributed by atoms with Crippen LogP contribution in [-0.2, 0) is 22.5 Å². The summed E-state index contributed by atoms with van der Waals surface area (Å²) in [6, 6.07) is 8.19. The van der Waals surface area contributed by atoms with E-state index in [1.54, 1.807) is 11.0 Å². The first-order valence-corrected chi connectivity index (χ1v) is 8.84. The maximum absolute atomic E-state index is 12.6. The molecule has 1 saturated heterocycles. The van der Waals surface area contributed by atoms with Crippen LogP contribution in [0, 0.1) is 0 Å². The van der Waals surface area contributed by atoms with Gasteiger partial charge in [-0.25, -0.2) is 4.98 Å². The topological polar surface area (TPSA) is 63.5 Å². The Morgan fingerprint density at radius 3 is 3.08 bits per heavy atom. The first kappa shape index (κ1) is 16.2. The van der Waals surface area contributed by atoms with Crippen molar-refractivity contribution in [2.75, 3.05) is 37.7 Å². The minimum atomic E-state index is 0.0954. The third-order valence-corrected chi connectivity index (χ3v) is 4.91. The molecule has 132 valence electrons. The van der Waals surface area contributed by atoms with E-state index < -0.39 is 0 Å². The third kappa shape index (κ3) is 3.72. The summed E-state index contributed by atoms with van der Waals surface area (Å²) < 4.78 is 7.60. The number of para-hydroxylation sites is 1. The van der Waals surface area contributed by atoms with Crippen LogP contribution in [0.25, 0.3) is 0 Å². The van der Waals surface area contributed by atoms with Crippen molar-refractivity contribution in [3.8, 4) is 0 Å². The van der Waals surface area contributed by atoms with Crippen molar-refractivity contribution < 1.29 is 9.53 Å². The Bertz CT molecular complexity index is 718. The second-order valence-electron chi connectivity index (χ2n) is 6.59. The average Bonchev–Trinajstić information content (AvgIpc) is 3.29. The Labute approximate surface area is 147 Å². The van der Waals surface area contributed by atoms with Crippen molar-refractivity contribution in [3.63, 3.8) is 0 Å². The van der Waals surface area contributed by atoms with Crippen molar-refractivity contribution in [1.82, 2.24) is 19.7 Å². The fraction of sp³-hybridized carbons (Fsp3) is 0.500. The minimum Gasteiger partial charge on any atom is -0.374 e. The predicted molar refractivity (Wildman–Crippen MR) is 93.3 cm³/mol. The number of morpholine rings is 1. The molecule has 3 heterocycles. The molecule has 0 spiro atoms. The lowest BCUT2D eigenvalue weighted by Crippen LogP contribution is -2.45. The minimum absolute atomic E-state index is 0.0954. The number of anilines is 1. The number of rotatable bonds is 5. The van der Waals surface area contributed by atoms with Gasteiger partial charge >= 0.3 is 0 Å². The summed E-state index contributed by atoms with van der Waals surface area (Å²) >= 11 is 0. The maximum Gasteiger partial charge on any atom is 0.228 e. The van der Waals surface area contributed by atoms with E-state index in [0.717, 1.165) is 38.3 Å². The van der Waals surface area contributed by atoms with Gasteiger partial charge in [-0.05, 0) is 18.1 Å². The van der Waals surface area contributed by atoms with E-state index in [9.17, 15) is 4.79 Å². The van der Waals surface area contributed by atoms with Crippen LogP contribution < -0.4 is 4.90 Å². The average molecular weight is 341 g/mol. The molecule has 2 aliphatic rings. The molecule has 1 aromatic carbocycles. The van der Waals surface area contributed by atoms with Gasteiger partial charge < -0.3 is 9.64 Å². The van der Waals surface area contributed by atoms with E-state index >= 15 is 0 Å². The number of ether oxygens (including phenoxy) is 1. The van der Waals surface area contributed by atoms with Crippen molar-refractivity contribution >= 4 is 11.6 Å². The van der Waals surface area contributed by atoms with E-state index in [1.807, 2.05) is 23.1 Å². The molecular formula is C18H23N5O2. The number of fused-ring (bicyclic) bond motifs is 1. The molecule has 1 amide bonds. The van der Waals surface area contributed by atoms with Crippen molar-refractivity contribution in [1.29, 1.82) is 0 Å². The number of carbonyl (C=O) groups excluding carboxylic acids is 1. The van der Waals surface area contributed by atoms with Gasteiger partial charge in [-0.3, -0.25) is 14.4 Å². The van der Waals surface area contributed by atoms with Crippen LogP contribution in [-0.4, -0.2) is 64.5 Å². The van der Waals surface area contributed by atoms with Gasteiger partial charge in [-0.1, -0.05) is 18.2 Å². The van der Waals surface area contributed by atoms with Gasteiger partial charge in [-0.2, -0.15) is 5.10 Å². The molecule has 1 fully saturated rings. The first-order chi connectivity index (χ1) is 12.3. The molecule has 0 bridgehead atoms. The van der Waals surface area contributed by atoms with Gasteiger partial charge in [-0.15, -0.1) is 0 Å². The fourth-order valence-electron chi connectivity index (χ4n) is 3.62. The highest BCUT2D eigenvalue weighted by molar-refractivity contribution is 5.95. The fourth-order valence-corrected chi connectivity index (χ4v) is 3.62. The second-order valence-corrected chi connectivity index (χ2v) is 6.59. The van der Waals surface area contributed by atoms with E-state index in [2.05, 4.69) is 21.0 Å². The van der Waals surface area contributed by atoms with Crippen molar-refractivity contribution in [2.24, 2.45) is 0 Å². The Morgan fingerprint density at radius 2 is 2.20 bits per heavy atom. The van der Waals surface area contributed by atoms with Crippen LogP contribution in [0.4, 0.5) is 5.69 Å². The zero-order valence-corrected chi connectivity index (χ0v) is 14.3. The Balaban J connectivity index is 1.29. The second kappa shape index (κ2) is 7.33. The molecule has 0 aliphatic carbocycles. The number of amides is 1. The summed E-state index contributed by atoms with van der Waals surface area (Å²) in [6.07, 6.45) is 4.84. The molecule has 0 saturated carbocycles. The van der Waals surface area contributed by atoms with Crippen LogP contribution in [0.2, 0.25) is 0 Å². The monoisotopic (exact) mass is 341 g/mol. The highest BCUT2D eigenvalue weighted by Crippen LogP contribution is 2.27. The molecule has 0 N–H and O–H groups in total. The van der Waals surface area contributed by atoms with Crippen LogP contribution >= 0.6 is 0 Å². The summed E-state index contributed by atoms with van der Waals surface area (Å²) in [4.78, 5) is 20.8. The molecule has 4 rings (SSSR count). The number of hydrogen-bond donors (Lipinski definition) is 0. The molecule has 25 heavy (non-hydrogen) atoms. The number of nitrogens with zero attached hydrogens (tertiary/aromatic N) is 5. The lowest BCUT2D eigenvalue weighted by Gasteiger charge is -2.33. The standard InChI is InChI=1S/C18H23N5O2/c24-18(23-8-5-15-3-1-2-4-17(15)23)6-7-21-9-10-25-16(11-21)12-22-14-19-13-20-22/h1-4,13-14,16H,5-12H2/t16-/m1/s1. The summed E-state index contributed by atoms with van der Waals surface area (Å²) in [5.74, 6) is 0.212. The molecule has 0 unspecified atom stereocenters. The zero-order chi connectivity index (χ0) is 17.1. The quantitative estimate of drug-likeness (QED) is 0.810. The van der Waals surface area contributed by atoms with Crippen molar-refractivity contribution in [3.05, 3.63) is 42.5 Å². The van der Waals surface area contributed by atoms with E-state index in [-0.39, 0.29) is 12.0 Å². The number of aromatic nitrogens is 3. The number of benzene rings is 1. The van der Waals surface area contributed by atoms with Gasteiger partial charge in [0.1, 0.15) is 12.7 Å². The van der Waals surface area contributed by atoms with E-state index in [1.165, 1.54) is 11.9 Å². The van der Waals surface area contributed by atoms with E-state index in [4.69, 9.17) is 4.74 Å². The third-order valence-electron chi connectivity index (χ3n) is 4.91. The normalized spacial score (nSPS) is 20.6. The lowest BCUT2D eigenvalue weighted by molar-refractivity contribution is -0.119. The Kier molecular flexibility index (Phi) is 4.76. The van der Waals surface area contributed by atoms with Gasteiger partial charge in [0.05, 0.1) is 19.3 Å². The van der Waals surface area contributed by atoms with Gasteiger partial charge in [0.15, 0.2) is 0 Å². The molecule has 7 nitrogen and oxygen atoms in total. The van der Waals surface area contributed by atoms with Crippen LogP contribution in [0.3, 0.4) is 0 Å². The zero-order valence-electron chi connectivity index (χ0n) is 14.3. The molecule has 1 aromatic heterocycles. The molecule has 2 aromatic rings.